The number of rotatable bonds is 6. The van der Waals surface area contributed by atoms with Crippen molar-refractivity contribution in [2.75, 3.05) is 20.6 Å². The van der Waals surface area contributed by atoms with Crippen LogP contribution < -0.4 is 5.32 Å². The third-order valence-corrected chi connectivity index (χ3v) is 4.19. The molecular formula is C15H19ClN4OS. The van der Waals surface area contributed by atoms with Crippen LogP contribution in [0.1, 0.15) is 33.4 Å². The predicted octanol–water partition coefficient (Wildman–Crippen LogP) is 2.92. The van der Waals surface area contributed by atoms with Gasteiger partial charge < -0.3 is 10.2 Å². The molecule has 0 spiro atoms. The van der Waals surface area contributed by atoms with E-state index in [1.807, 2.05) is 45.3 Å². The van der Waals surface area contributed by atoms with Gasteiger partial charge in [0.05, 0.1) is 10.9 Å². The predicted molar refractivity (Wildman–Crippen MR) is 89.5 cm³/mol. The maximum atomic E-state index is 12.4. The average molecular weight is 339 g/mol. The molecule has 1 heterocycles. The molecule has 1 aromatic carbocycles. The van der Waals surface area contributed by atoms with E-state index < -0.39 is 0 Å². The zero-order valence-electron chi connectivity index (χ0n) is 12.8. The van der Waals surface area contributed by atoms with E-state index >= 15 is 0 Å². The minimum absolute atomic E-state index is 0.0896. The molecule has 1 amide bonds. The second-order valence-electron chi connectivity index (χ2n) is 5.35. The second-order valence-corrected chi connectivity index (χ2v) is 6.74. The molecule has 1 aromatic heterocycles. The number of nitrogens with zero attached hydrogens (tertiary/aromatic N) is 3. The van der Waals surface area contributed by atoms with Crippen molar-refractivity contribution in [3.63, 3.8) is 0 Å². The molecule has 2 rings (SSSR count). The molecule has 0 aliphatic heterocycles. The quantitative estimate of drug-likeness (QED) is 0.879. The molecule has 1 unspecified atom stereocenters. The van der Waals surface area contributed by atoms with E-state index in [2.05, 4.69) is 19.8 Å². The van der Waals surface area contributed by atoms with Gasteiger partial charge in [-0.15, -0.1) is 5.10 Å². The Morgan fingerprint density at radius 1 is 1.36 bits per heavy atom. The Labute approximate surface area is 139 Å². The number of carbonyl (C=O) groups excluding carboxylic acids is 1. The van der Waals surface area contributed by atoms with Crippen LogP contribution in [0.4, 0.5) is 0 Å². The van der Waals surface area contributed by atoms with Gasteiger partial charge in [0.1, 0.15) is 0 Å². The normalized spacial score (nSPS) is 12.4. The van der Waals surface area contributed by atoms with Crippen molar-refractivity contribution in [2.24, 2.45) is 0 Å². The second kappa shape index (κ2) is 7.67. The van der Waals surface area contributed by atoms with Crippen LogP contribution in [0.25, 0.3) is 0 Å². The summed E-state index contributed by atoms with van der Waals surface area (Å²) in [6.45, 7) is 2.71. The largest absolute Gasteiger partial charge is 0.344 e. The maximum Gasteiger partial charge on any atom is 0.273 e. The summed E-state index contributed by atoms with van der Waals surface area (Å²) in [6.07, 6.45) is 0.803. The molecular weight excluding hydrogens is 320 g/mol. The molecule has 0 bridgehead atoms. The first-order valence-electron chi connectivity index (χ1n) is 6.97. The highest BCUT2D eigenvalue weighted by molar-refractivity contribution is 7.05. The van der Waals surface area contributed by atoms with Gasteiger partial charge in [-0.05, 0) is 63.2 Å². The molecule has 7 heteroatoms. The van der Waals surface area contributed by atoms with Gasteiger partial charge in [-0.25, -0.2) is 0 Å². The van der Waals surface area contributed by atoms with E-state index in [1.54, 1.807) is 0 Å². The summed E-state index contributed by atoms with van der Waals surface area (Å²) in [4.78, 5) is 15.3. The van der Waals surface area contributed by atoms with Gasteiger partial charge in [-0.2, -0.15) is 0 Å². The zero-order chi connectivity index (χ0) is 16.1. The monoisotopic (exact) mass is 338 g/mol. The van der Waals surface area contributed by atoms with Gasteiger partial charge >= 0.3 is 0 Å². The summed E-state index contributed by atoms with van der Waals surface area (Å²) in [5.41, 5.74) is 1.43. The van der Waals surface area contributed by atoms with Crippen molar-refractivity contribution < 1.29 is 4.79 Å². The van der Waals surface area contributed by atoms with Crippen LogP contribution in [0.15, 0.2) is 24.3 Å². The number of carbonyl (C=O) groups is 1. The SMILES string of the molecule is Cc1snnc1C(=O)NC(CCN(C)C)c1ccc(Cl)cc1. The number of hydrogen-bond donors (Lipinski definition) is 1. The van der Waals surface area contributed by atoms with Crippen LogP contribution in [0.3, 0.4) is 0 Å². The van der Waals surface area contributed by atoms with Gasteiger partial charge in [-0.3, -0.25) is 4.79 Å². The highest BCUT2D eigenvalue weighted by Crippen LogP contribution is 2.21. The van der Waals surface area contributed by atoms with Crippen molar-refractivity contribution in [2.45, 2.75) is 19.4 Å². The number of amides is 1. The van der Waals surface area contributed by atoms with Crippen LogP contribution in [0.5, 0.6) is 0 Å². The number of aryl methyl sites for hydroxylation is 1. The minimum Gasteiger partial charge on any atom is -0.344 e. The Bertz CT molecular complexity index is 627. The van der Waals surface area contributed by atoms with Crippen LogP contribution in [-0.2, 0) is 0 Å². The Kier molecular flexibility index (Phi) is 5.88. The number of halogens is 1. The van der Waals surface area contributed by atoms with Crippen LogP contribution in [0.2, 0.25) is 5.02 Å². The summed E-state index contributed by atoms with van der Waals surface area (Å²) in [5, 5.41) is 7.63. The molecule has 0 aliphatic carbocycles. The van der Waals surface area contributed by atoms with Crippen molar-refractivity contribution >= 4 is 29.0 Å². The van der Waals surface area contributed by atoms with Crippen LogP contribution in [-0.4, -0.2) is 41.0 Å². The van der Waals surface area contributed by atoms with Crippen LogP contribution >= 0.6 is 23.1 Å². The lowest BCUT2D eigenvalue weighted by atomic mass is 10.0. The molecule has 22 heavy (non-hydrogen) atoms. The van der Waals surface area contributed by atoms with E-state index in [-0.39, 0.29) is 11.9 Å². The number of benzene rings is 1. The standard InChI is InChI=1S/C15H19ClN4OS/c1-10-14(18-19-22-10)15(21)17-13(8-9-20(2)3)11-4-6-12(16)7-5-11/h4-7,13H,8-9H2,1-3H3,(H,17,21). The Morgan fingerprint density at radius 2 is 2.05 bits per heavy atom. The average Bonchev–Trinajstić information content (AvgIpc) is 2.90. The topological polar surface area (TPSA) is 58.1 Å². The van der Waals surface area contributed by atoms with E-state index in [0.717, 1.165) is 23.4 Å². The number of hydrogen-bond acceptors (Lipinski definition) is 5. The van der Waals surface area contributed by atoms with E-state index in [9.17, 15) is 4.79 Å². The van der Waals surface area contributed by atoms with Crippen LogP contribution in [0, 0.1) is 6.92 Å². The highest BCUT2D eigenvalue weighted by atomic mass is 35.5. The fourth-order valence-corrected chi connectivity index (χ4v) is 2.66. The van der Waals surface area contributed by atoms with E-state index in [1.165, 1.54) is 11.5 Å². The summed E-state index contributed by atoms with van der Waals surface area (Å²) in [5.74, 6) is -0.190. The lowest BCUT2D eigenvalue weighted by Gasteiger charge is -2.21. The first kappa shape index (κ1) is 16.9. The Balaban J connectivity index is 2.15. The molecule has 0 saturated carbocycles. The highest BCUT2D eigenvalue weighted by Gasteiger charge is 2.19. The van der Waals surface area contributed by atoms with Crippen molar-refractivity contribution in [3.8, 4) is 0 Å². The lowest BCUT2D eigenvalue weighted by Crippen LogP contribution is -2.31. The minimum atomic E-state index is -0.190. The lowest BCUT2D eigenvalue weighted by molar-refractivity contribution is 0.0927. The van der Waals surface area contributed by atoms with Crippen molar-refractivity contribution in [1.29, 1.82) is 0 Å². The Morgan fingerprint density at radius 3 is 2.59 bits per heavy atom. The van der Waals surface area contributed by atoms with Gasteiger partial charge in [-0.1, -0.05) is 28.2 Å². The number of nitrogens with one attached hydrogen (secondary N) is 1. The molecule has 2 aromatic rings. The fraction of sp³-hybridized carbons (Fsp3) is 0.400. The smallest absolute Gasteiger partial charge is 0.273 e. The van der Waals surface area contributed by atoms with Gasteiger partial charge in [0.2, 0.25) is 0 Å². The third-order valence-electron chi connectivity index (χ3n) is 3.31. The molecule has 0 saturated heterocycles. The summed E-state index contributed by atoms with van der Waals surface area (Å²) >= 11 is 7.17. The summed E-state index contributed by atoms with van der Waals surface area (Å²) in [6, 6.07) is 7.46. The molecule has 0 radical (unpaired) electrons. The molecule has 1 N–H and O–H groups in total. The fourth-order valence-electron chi connectivity index (χ4n) is 2.07. The first-order chi connectivity index (χ1) is 10.5. The summed E-state index contributed by atoms with van der Waals surface area (Å²) < 4.78 is 3.81. The third kappa shape index (κ3) is 4.50. The summed E-state index contributed by atoms with van der Waals surface area (Å²) in [7, 11) is 4.02. The van der Waals surface area contributed by atoms with Crippen molar-refractivity contribution in [1.82, 2.24) is 19.8 Å². The molecule has 0 aliphatic rings. The van der Waals surface area contributed by atoms with E-state index in [4.69, 9.17) is 11.6 Å². The zero-order valence-corrected chi connectivity index (χ0v) is 14.4. The number of aromatic nitrogens is 2. The van der Waals surface area contributed by atoms with Gasteiger partial charge in [0.15, 0.2) is 5.69 Å². The van der Waals surface area contributed by atoms with Crippen molar-refractivity contribution in [3.05, 3.63) is 45.4 Å². The van der Waals surface area contributed by atoms with E-state index in [0.29, 0.717) is 10.7 Å². The molecule has 118 valence electrons. The van der Waals surface area contributed by atoms with Gasteiger partial charge in [0, 0.05) is 5.02 Å². The first-order valence-corrected chi connectivity index (χ1v) is 8.12. The molecule has 5 nitrogen and oxygen atoms in total. The van der Waals surface area contributed by atoms with Gasteiger partial charge in [0.25, 0.3) is 5.91 Å². The Hall–Kier alpha value is -1.50. The molecule has 1 atom stereocenters. The molecule has 0 fully saturated rings. The maximum absolute atomic E-state index is 12.4.